The van der Waals surface area contributed by atoms with Crippen molar-refractivity contribution in [2.24, 2.45) is 0 Å². The molecule has 0 spiro atoms. The molecule has 0 amide bonds. The van der Waals surface area contributed by atoms with Crippen molar-refractivity contribution in [2.75, 3.05) is 0 Å². The number of rotatable bonds is 2. The van der Waals surface area contributed by atoms with E-state index in [1.165, 1.54) is 18.1 Å². The summed E-state index contributed by atoms with van der Waals surface area (Å²) in [6.07, 6.45) is 1.35. The first-order chi connectivity index (χ1) is 7.58. The van der Waals surface area contributed by atoms with E-state index >= 15 is 0 Å². The first-order valence-corrected chi connectivity index (χ1v) is 6.04. The van der Waals surface area contributed by atoms with E-state index in [2.05, 4.69) is 30.9 Å². The number of nitrogens with one attached hydrogen (secondary N) is 1. The van der Waals surface area contributed by atoms with Crippen LogP contribution in [0.15, 0.2) is 30.3 Å². The molecule has 0 radical (unpaired) electrons. The van der Waals surface area contributed by atoms with E-state index in [1.807, 2.05) is 13.8 Å². The van der Waals surface area contributed by atoms with Gasteiger partial charge in [-0.1, -0.05) is 0 Å². The maximum absolute atomic E-state index is 11.3. The number of oxazole rings is 1. The van der Waals surface area contributed by atoms with E-state index in [0.29, 0.717) is 14.7 Å². The highest BCUT2D eigenvalue weighted by atomic mass is 79.9. The Morgan fingerprint density at radius 3 is 2.88 bits per heavy atom. The number of aryl methyl sites for hydroxylation is 2. The zero-order valence-electron chi connectivity index (χ0n) is 8.57. The molecule has 5 nitrogen and oxygen atoms in total. The second-order valence-electron chi connectivity index (χ2n) is 3.07. The maximum Gasteiger partial charge on any atom is 0.266 e. The number of aromatic nitrogens is 3. The molecule has 0 saturated heterocycles. The monoisotopic (exact) mass is 301 g/mol. The SMILES string of the molecule is Cc1nc(Sc2nc[nH]c(=O)c2Br)oc1C. The van der Waals surface area contributed by atoms with Crippen molar-refractivity contribution < 1.29 is 4.42 Å². The summed E-state index contributed by atoms with van der Waals surface area (Å²) in [6, 6.07) is 0. The molecule has 84 valence electrons. The van der Waals surface area contributed by atoms with Crippen LogP contribution < -0.4 is 5.56 Å². The quantitative estimate of drug-likeness (QED) is 0.862. The fourth-order valence-corrected chi connectivity index (χ4v) is 2.27. The predicted molar refractivity (Wildman–Crippen MR) is 62.7 cm³/mol. The van der Waals surface area contributed by atoms with Crippen molar-refractivity contribution in [3.63, 3.8) is 0 Å². The summed E-state index contributed by atoms with van der Waals surface area (Å²) >= 11 is 4.37. The minimum atomic E-state index is -0.225. The highest BCUT2D eigenvalue weighted by Crippen LogP contribution is 2.29. The zero-order valence-corrected chi connectivity index (χ0v) is 11.0. The Morgan fingerprint density at radius 1 is 1.50 bits per heavy atom. The summed E-state index contributed by atoms with van der Waals surface area (Å²) in [4.78, 5) is 22.0. The molecule has 0 unspecified atom stereocenters. The second-order valence-corrected chi connectivity index (χ2v) is 4.81. The summed E-state index contributed by atoms with van der Waals surface area (Å²) in [6.45, 7) is 3.70. The second kappa shape index (κ2) is 4.42. The Balaban J connectivity index is 2.34. The van der Waals surface area contributed by atoms with E-state index in [9.17, 15) is 4.79 Å². The van der Waals surface area contributed by atoms with Gasteiger partial charge in [0.05, 0.1) is 12.0 Å². The number of nitrogens with zero attached hydrogens (tertiary/aromatic N) is 2. The Morgan fingerprint density at radius 2 is 2.25 bits per heavy atom. The van der Waals surface area contributed by atoms with Gasteiger partial charge in [-0.2, -0.15) is 0 Å². The summed E-state index contributed by atoms with van der Waals surface area (Å²) in [5.41, 5.74) is 0.612. The van der Waals surface area contributed by atoms with Crippen LogP contribution in [0.1, 0.15) is 11.5 Å². The van der Waals surface area contributed by atoms with E-state index < -0.39 is 0 Å². The molecule has 0 aliphatic rings. The molecule has 7 heteroatoms. The van der Waals surface area contributed by atoms with Gasteiger partial charge in [-0.05, 0) is 41.5 Å². The Kier molecular flexibility index (Phi) is 3.15. The van der Waals surface area contributed by atoms with Crippen LogP contribution >= 0.6 is 27.7 Å². The molecule has 0 bridgehead atoms. The Labute approximate surface area is 104 Å². The molecule has 1 N–H and O–H groups in total. The minimum Gasteiger partial charge on any atom is -0.436 e. The van der Waals surface area contributed by atoms with Gasteiger partial charge in [0.1, 0.15) is 15.3 Å². The molecule has 16 heavy (non-hydrogen) atoms. The number of aromatic amines is 1. The first kappa shape index (κ1) is 11.4. The highest BCUT2D eigenvalue weighted by molar-refractivity contribution is 9.10. The summed E-state index contributed by atoms with van der Waals surface area (Å²) < 4.78 is 5.77. The van der Waals surface area contributed by atoms with Crippen LogP contribution in [0, 0.1) is 13.8 Å². The summed E-state index contributed by atoms with van der Waals surface area (Å²) in [5, 5.41) is 1.01. The van der Waals surface area contributed by atoms with Gasteiger partial charge in [0.25, 0.3) is 10.8 Å². The van der Waals surface area contributed by atoms with Gasteiger partial charge in [0.2, 0.25) is 0 Å². The number of hydrogen-bond donors (Lipinski definition) is 1. The minimum absolute atomic E-state index is 0.225. The smallest absolute Gasteiger partial charge is 0.266 e. The van der Waals surface area contributed by atoms with Gasteiger partial charge in [-0.25, -0.2) is 9.97 Å². The Hall–Kier alpha value is -1.08. The molecule has 0 aromatic carbocycles. The fourth-order valence-electron chi connectivity index (χ4n) is 1.01. The van der Waals surface area contributed by atoms with Crippen LogP contribution in [0.2, 0.25) is 0 Å². The van der Waals surface area contributed by atoms with Gasteiger partial charge >= 0.3 is 0 Å². The number of halogens is 1. The van der Waals surface area contributed by atoms with Gasteiger partial charge in [-0.3, -0.25) is 4.79 Å². The third-order valence-corrected chi connectivity index (χ3v) is 3.81. The number of hydrogen-bond acceptors (Lipinski definition) is 5. The third kappa shape index (κ3) is 2.19. The highest BCUT2D eigenvalue weighted by Gasteiger charge is 2.12. The van der Waals surface area contributed by atoms with Crippen molar-refractivity contribution in [1.82, 2.24) is 15.0 Å². The Bertz CT molecular complexity index is 559. The van der Waals surface area contributed by atoms with Crippen molar-refractivity contribution in [3.8, 4) is 0 Å². The molecule has 2 aromatic heterocycles. The van der Waals surface area contributed by atoms with Crippen LogP contribution in [-0.2, 0) is 0 Å². The fraction of sp³-hybridized carbons (Fsp3) is 0.222. The zero-order chi connectivity index (χ0) is 11.7. The van der Waals surface area contributed by atoms with Gasteiger partial charge in [0, 0.05) is 0 Å². The standard InChI is InChI=1S/C9H8BrN3O2S/c1-4-5(2)15-9(13-4)16-8-6(10)7(14)11-3-12-8/h3H,1-2H3,(H,11,12,14). The van der Waals surface area contributed by atoms with Crippen molar-refractivity contribution in [1.29, 1.82) is 0 Å². The van der Waals surface area contributed by atoms with Crippen LogP contribution in [0.3, 0.4) is 0 Å². The maximum atomic E-state index is 11.3. The third-order valence-electron chi connectivity index (χ3n) is 1.96. The molecule has 2 heterocycles. The topological polar surface area (TPSA) is 71.8 Å². The largest absolute Gasteiger partial charge is 0.436 e. The van der Waals surface area contributed by atoms with E-state index in [-0.39, 0.29) is 5.56 Å². The molecule has 0 aliphatic heterocycles. The van der Waals surface area contributed by atoms with Gasteiger partial charge in [0.15, 0.2) is 0 Å². The molecule has 2 aromatic rings. The van der Waals surface area contributed by atoms with Crippen LogP contribution in [0.25, 0.3) is 0 Å². The van der Waals surface area contributed by atoms with Gasteiger partial charge < -0.3 is 9.40 Å². The molecule has 0 saturated carbocycles. The van der Waals surface area contributed by atoms with Gasteiger partial charge in [-0.15, -0.1) is 0 Å². The average molecular weight is 302 g/mol. The summed E-state index contributed by atoms with van der Waals surface area (Å²) in [5.74, 6) is 0.767. The van der Waals surface area contributed by atoms with Crippen LogP contribution in [-0.4, -0.2) is 15.0 Å². The lowest BCUT2D eigenvalue weighted by molar-refractivity contribution is 0.431. The normalized spacial score (nSPS) is 10.7. The molecular formula is C9H8BrN3O2S. The van der Waals surface area contributed by atoms with Crippen molar-refractivity contribution >= 4 is 27.7 Å². The van der Waals surface area contributed by atoms with E-state index in [4.69, 9.17) is 4.42 Å². The lowest BCUT2D eigenvalue weighted by Crippen LogP contribution is -2.07. The van der Waals surface area contributed by atoms with Crippen molar-refractivity contribution in [3.05, 3.63) is 32.6 Å². The van der Waals surface area contributed by atoms with E-state index in [1.54, 1.807) is 0 Å². The lowest BCUT2D eigenvalue weighted by Gasteiger charge is -1.97. The first-order valence-electron chi connectivity index (χ1n) is 4.43. The number of H-pyrrole nitrogens is 1. The lowest BCUT2D eigenvalue weighted by atomic mass is 10.4. The summed E-state index contributed by atoms with van der Waals surface area (Å²) in [7, 11) is 0. The average Bonchev–Trinajstić information content (AvgIpc) is 2.54. The molecule has 0 aliphatic carbocycles. The van der Waals surface area contributed by atoms with Crippen LogP contribution in [0.4, 0.5) is 0 Å². The van der Waals surface area contributed by atoms with Crippen molar-refractivity contribution in [2.45, 2.75) is 24.1 Å². The predicted octanol–water partition coefficient (Wildman–Crippen LogP) is 2.29. The van der Waals surface area contributed by atoms with E-state index in [0.717, 1.165) is 11.5 Å². The van der Waals surface area contributed by atoms with Crippen LogP contribution in [0.5, 0.6) is 0 Å². The molecule has 0 atom stereocenters. The molecular weight excluding hydrogens is 294 g/mol. The molecule has 2 rings (SSSR count). The molecule has 0 fully saturated rings.